The highest BCUT2D eigenvalue weighted by molar-refractivity contribution is 5.80. The van der Waals surface area contributed by atoms with Crippen LogP contribution >= 0.6 is 0 Å². The van der Waals surface area contributed by atoms with E-state index in [0.717, 1.165) is 11.1 Å². The third-order valence-electron chi connectivity index (χ3n) is 3.51. The lowest BCUT2D eigenvalue weighted by Gasteiger charge is -2.09. The monoisotopic (exact) mass is 358 g/mol. The molecule has 0 bridgehead atoms. The van der Waals surface area contributed by atoms with Crippen molar-refractivity contribution in [3.05, 3.63) is 69.8 Å². The second kappa shape index (κ2) is 9.16. The van der Waals surface area contributed by atoms with E-state index < -0.39 is 30.0 Å². The first-order chi connectivity index (χ1) is 12.5. The highest BCUT2D eigenvalue weighted by Crippen LogP contribution is 2.25. The molecule has 1 amide bonds. The molecule has 0 aliphatic rings. The molecule has 136 valence electrons. The second-order valence-corrected chi connectivity index (χ2v) is 5.38. The molecule has 0 fully saturated rings. The van der Waals surface area contributed by atoms with Crippen molar-refractivity contribution in [1.29, 1.82) is 0 Å². The van der Waals surface area contributed by atoms with Crippen molar-refractivity contribution in [2.45, 2.75) is 13.5 Å². The maximum absolute atomic E-state index is 11.7. The number of esters is 1. The lowest BCUT2D eigenvalue weighted by atomic mass is 10.1. The summed E-state index contributed by atoms with van der Waals surface area (Å²) in [5, 5.41) is 13.5. The van der Waals surface area contributed by atoms with Gasteiger partial charge in [0.15, 0.2) is 19.0 Å². The molecule has 26 heavy (non-hydrogen) atoms. The number of benzene rings is 2. The molecule has 8 nitrogen and oxygen atoms in total. The van der Waals surface area contributed by atoms with Gasteiger partial charge < -0.3 is 14.8 Å². The molecule has 0 heterocycles. The molecule has 0 saturated heterocycles. The zero-order valence-corrected chi connectivity index (χ0v) is 14.1. The van der Waals surface area contributed by atoms with E-state index >= 15 is 0 Å². The number of hydrogen-bond acceptors (Lipinski definition) is 6. The summed E-state index contributed by atoms with van der Waals surface area (Å²) in [7, 11) is 0. The summed E-state index contributed by atoms with van der Waals surface area (Å²) >= 11 is 0. The van der Waals surface area contributed by atoms with E-state index in [0.29, 0.717) is 6.54 Å². The van der Waals surface area contributed by atoms with Crippen molar-refractivity contribution < 1.29 is 24.0 Å². The Morgan fingerprint density at radius 3 is 2.50 bits per heavy atom. The molecule has 0 aliphatic heterocycles. The van der Waals surface area contributed by atoms with E-state index in [1.54, 1.807) is 6.07 Å². The van der Waals surface area contributed by atoms with E-state index in [1.807, 2.05) is 31.2 Å². The van der Waals surface area contributed by atoms with Crippen molar-refractivity contribution in [2.24, 2.45) is 0 Å². The summed E-state index contributed by atoms with van der Waals surface area (Å²) < 4.78 is 9.89. The summed E-state index contributed by atoms with van der Waals surface area (Å²) in [6, 6.07) is 13.3. The zero-order valence-electron chi connectivity index (χ0n) is 14.1. The van der Waals surface area contributed by atoms with Crippen LogP contribution in [0.2, 0.25) is 0 Å². The summed E-state index contributed by atoms with van der Waals surface area (Å²) in [6.07, 6.45) is 0. The summed E-state index contributed by atoms with van der Waals surface area (Å²) in [4.78, 5) is 33.6. The summed E-state index contributed by atoms with van der Waals surface area (Å²) in [6.45, 7) is 1.28. The quantitative estimate of drug-likeness (QED) is 0.440. The number of ether oxygens (including phenoxy) is 2. The van der Waals surface area contributed by atoms with Gasteiger partial charge in [-0.05, 0) is 24.1 Å². The Kier molecular flexibility index (Phi) is 6.67. The fraction of sp³-hybridized carbons (Fsp3) is 0.222. The minimum Gasteiger partial charge on any atom is -0.475 e. The number of nitro groups is 1. The average molecular weight is 358 g/mol. The van der Waals surface area contributed by atoms with E-state index in [2.05, 4.69) is 5.32 Å². The van der Waals surface area contributed by atoms with Gasteiger partial charge in [-0.25, -0.2) is 4.79 Å². The molecule has 8 heteroatoms. The smallest absolute Gasteiger partial charge is 0.344 e. The first-order valence-corrected chi connectivity index (χ1v) is 7.80. The van der Waals surface area contributed by atoms with Gasteiger partial charge in [-0.2, -0.15) is 0 Å². The van der Waals surface area contributed by atoms with Crippen LogP contribution in [-0.4, -0.2) is 30.0 Å². The van der Waals surface area contributed by atoms with Crippen molar-refractivity contribution >= 4 is 17.6 Å². The van der Waals surface area contributed by atoms with Crippen molar-refractivity contribution in [2.75, 3.05) is 13.2 Å². The average Bonchev–Trinajstić information content (AvgIpc) is 2.64. The lowest BCUT2D eigenvalue weighted by Crippen LogP contribution is -2.29. The molecular weight excluding hydrogens is 340 g/mol. The number of amides is 1. The fourth-order valence-electron chi connectivity index (χ4n) is 2.11. The van der Waals surface area contributed by atoms with Crippen LogP contribution in [0.15, 0.2) is 48.5 Å². The number of carbonyl (C=O) groups excluding carboxylic acids is 2. The molecule has 0 unspecified atom stereocenters. The van der Waals surface area contributed by atoms with Crippen molar-refractivity contribution in [1.82, 2.24) is 5.32 Å². The number of hydrogen-bond donors (Lipinski definition) is 1. The number of nitro benzene ring substituents is 1. The van der Waals surface area contributed by atoms with Gasteiger partial charge in [0, 0.05) is 12.6 Å². The van der Waals surface area contributed by atoms with Crippen molar-refractivity contribution in [3.8, 4) is 5.75 Å². The molecular formula is C18H18N2O6. The number of aryl methyl sites for hydroxylation is 1. The van der Waals surface area contributed by atoms with Gasteiger partial charge in [-0.3, -0.25) is 14.9 Å². The van der Waals surface area contributed by atoms with Gasteiger partial charge >= 0.3 is 11.7 Å². The molecule has 1 N–H and O–H groups in total. The standard InChI is InChI=1S/C18H18N2O6/c1-13-6-2-3-7-14(13)10-19-17(21)11-26-18(22)12-25-16-9-5-4-8-15(16)20(23)24/h2-9H,10-12H2,1H3,(H,19,21). The molecule has 0 aromatic heterocycles. The van der Waals surface area contributed by atoms with Gasteiger partial charge in [0.25, 0.3) is 5.91 Å². The molecule has 0 spiro atoms. The maximum atomic E-state index is 11.7. The van der Waals surface area contributed by atoms with Gasteiger partial charge in [-0.15, -0.1) is 0 Å². The van der Waals surface area contributed by atoms with Crippen LogP contribution in [0.5, 0.6) is 5.75 Å². The molecule has 2 rings (SSSR count). The van der Waals surface area contributed by atoms with Crippen LogP contribution in [0.1, 0.15) is 11.1 Å². The number of nitrogens with zero attached hydrogens (tertiary/aromatic N) is 1. The Morgan fingerprint density at radius 1 is 1.08 bits per heavy atom. The predicted molar refractivity (Wildman–Crippen MR) is 92.6 cm³/mol. The van der Waals surface area contributed by atoms with Crippen LogP contribution in [0.4, 0.5) is 5.69 Å². The number of nitrogens with one attached hydrogen (secondary N) is 1. The number of carbonyl (C=O) groups is 2. The Hall–Kier alpha value is -3.42. The van der Waals surface area contributed by atoms with Gasteiger partial charge in [0.05, 0.1) is 4.92 Å². The Bertz CT molecular complexity index is 806. The highest BCUT2D eigenvalue weighted by Gasteiger charge is 2.16. The topological polar surface area (TPSA) is 108 Å². The predicted octanol–water partition coefficient (Wildman–Crippen LogP) is 2.14. The zero-order chi connectivity index (χ0) is 18.9. The molecule has 0 radical (unpaired) electrons. The Balaban J connectivity index is 1.74. The minimum atomic E-state index is -0.797. The molecule has 2 aromatic rings. The highest BCUT2D eigenvalue weighted by atomic mass is 16.6. The summed E-state index contributed by atoms with van der Waals surface area (Å²) in [5.74, 6) is -1.29. The van der Waals surface area contributed by atoms with Gasteiger partial charge in [0.1, 0.15) is 0 Å². The Labute approximate surface area is 149 Å². The third kappa shape index (κ3) is 5.59. The van der Waals surface area contributed by atoms with Crippen LogP contribution in [-0.2, 0) is 20.9 Å². The van der Waals surface area contributed by atoms with Gasteiger partial charge in [-0.1, -0.05) is 36.4 Å². The lowest BCUT2D eigenvalue weighted by molar-refractivity contribution is -0.385. The van der Waals surface area contributed by atoms with Crippen LogP contribution in [0.25, 0.3) is 0 Å². The summed E-state index contributed by atoms with van der Waals surface area (Å²) in [5.41, 5.74) is 1.76. The fourth-order valence-corrected chi connectivity index (χ4v) is 2.11. The largest absolute Gasteiger partial charge is 0.475 e. The first-order valence-electron chi connectivity index (χ1n) is 7.80. The van der Waals surface area contributed by atoms with Crippen molar-refractivity contribution in [3.63, 3.8) is 0 Å². The maximum Gasteiger partial charge on any atom is 0.344 e. The van der Waals surface area contributed by atoms with E-state index in [9.17, 15) is 19.7 Å². The van der Waals surface area contributed by atoms with Crippen LogP contribution in [0.3, 0.4) is 0 Å². The van der Waals surface area contributed by atoms with E-state index in [-0.39, 0.29) is 11.4 Å². The molecule has 0 aliphatic carbocycles. The molecule has 2 aromatic carbocycles. The Morgan fingerprint density at radius 2 is 1.77 bits per heavy atom. The molecule has 0 saturated carbocycles. The minimum absolute atomic E-state index is 0.0431. The first kappa shape index (κ1) is 18.9. The SMILES string of the molecule is Cc1ccccc1CNC(=O)COC(=O)COc1ccccc1[N+](=O)[O-]. The van der Waals surface area contributed by atoms with Gasteiger partial charge in [0.2, 0.25) is 0 Å². The number of para-hydroxylation sites is 2. The van der Waals surface area contributed by atoms with E-state index in [4.69, 9.17) is 9.47 Å². The second-order valence-electron chi connectivity index (χ2n) is 5.38. The van der Waals surface area contributed by atoms with E-state index in [1.165, 1.54) is 18.2 Å². The number of rotatable bonds is 8. The van der Waals surface area contributed by atoms with Crippen LogP contribution < -0.4 is 10.1 Å². The molecule has 0 atom stereocenters. The third-order valence-corrected chi connectivity index (χ3v) is 3.51. The normalized spacial score (nSPS) is 10.0. The van der Waals surface area contributed by atoms with Crippen LogP contribution in [0, 0.1) is 17.0 Å².